The van der Waals surface area contributed by atoms with Crippen LogP contribution in [0.1, 0.15) is 22.8 Å². The topological polar surface area (TPSA) is 84.9 Å². The third-order valence-corrected chi connectivity index (χ3v) is 5.64. The van der Waals surface area contributed by atoms with E-state index in [0.717, 1.165) is 16.9 Å². The van der Waals surface area contributed by atoms with Crippen LogP contribution in [0.4, 0.5) is 11.4 Å². The summed E-state index contributed by atoms with van der Waals surface area (Å²) in [5, 5.41) is 2.69. The van der Waals surface area contributed by atoms with Crippen molar-refractivity contribution < 1.29 is 23.9 Å². The average molecular weight is 477 g/mol. The van der Waals surface area contributed by atoms with Crippen LogP contribution in [0, 0.1) is 0 Å². The van der Waals surface area contributed by atoms with Crippen molar-refractivity contribution in [1.82, 2.24) is 0 Å². The van der Waals surface area contributed by atoms with Gasteiger partial charge < -0.3 is 14.8 Å². The zero-order chi connectivity index (χ0) is 24.2. The van der Waals surface area contributed by atoms with Gasteiger partial charge in [-0.2, -0.15) is 0 Å². The monoisotopic (exact) mass is 476 g/mol. The van der Waals surface area contributed by atoms with Gasteiger partial charge in [0.25, 0.3) is 11.8 Å². The molecule has 1 aliphatic rings. The Kier molecular flexibility index (Phi) is 6.65. The molecule has 7 nitrogen and oxygen atoms in total. The van der Waals surface area contributed by atoms with Gasteiger partial charge in [-0.25, -0.2) is 9.69 Å². The molecule has 2 amide bonds. The number of esters is 1. The molecule has 0 saturated carbocycles. The maximum Gasteiger partial charge on any atom is 0.343 e. The molecule has 1 aliphatic heterocycles. The molecule has 8 heteroatoms. The average Bonchev–Trinajstić information content (AvgIpc) is 3.07. The molecule has 1 N–H and O–H groups in total. The van der Waals surface area contributed by atoms with Crippen LogP contribution in [0.25, 0.3) is 0 Å². The standard InChI is InChI=1S/C26H21ClN2O5/c1-3-16-8-14-19(15-9-16)29-24(30)22(27)23(25(29)31)28-18-12-10-17(11-13-18)26(32)34-21-7-5-4-6-20(21)33-2/h4-15,28H,3H2,1-2H3. The summed E-state index contributed by atoms with van der Waals surface area (Å²) in [5.41, 5.74) is 2.27. The molecular formula is C26H21ClN2O5. The Morgan fingerprint density at radius 3 is 2.18 bits per heavy atom. The first-order valence-electron chi connectivity index (χ1n) is 10.5. The fraction of sp³-hybridized carbons (Fsp3) is 0.115. The number of hydrogen-bond donors (Lipinski definition) is 1. The zero-order valence-electron chi connectivity index (χ0n) is 18.5. The second-order valence-electron chi connectivity index (χ2n) is 7.40. The SMILES string of the molecule is CCc1ccc(N2C(=O)C(Cl)=C(Nc3ccc(C(=O)Oc4ccccc4OC)cc3)C2=O)cc1. The van der Waals surface area contributed by atoms with Crippen molar-refractivity contribution in [3.8, 4) is 11.5 Å². The van der Waals surface area contributed by atoms with Crippen molar-refractivity contribution in [3.05, 3.63) is 94.7 Å². The van der Waals surface area contributed by atoms with E-state index in [-0.39, 0.29) is 10.7 Å². The third-order valence-electron chi connectivity index (χ3n) is 5.29. The minimum atomic E-state index is -0.601. The highest BCUT2D eigenvalue weighted by atomic mass is 35.5. The number of ether oxygens (including phenoxy) is 2. The minimum Gasteiger partial charge on any atom is -0.493 e. The van der Waals surface area contributed by atoms with Crippen molar-refractivity contribution in [3.63, 3.8) is 0 Å². The van der Waals surface area contributed by atoms with Crippen LogP contribution in [0.2, 0.25) is 0 Å². The van der Waals surface area contributed by atoms with E-state index in [2.05, 4.69) is 5.32 Å². The Morgan fingerprint density at radius 1 is 0.912 bits per heavy atom. The number of carbonyl (C=O) groups is 3. The van der Waals surface area contributed by atoms with E-state index in [1.165, 1.54) is 19.2 Å². The number of methoxy groups -OCH3 is 1. The lowest BCUT2D eigenvalue weighted by atomic mass is 10.1. The number of nitrogens with one attached hydrogen (secondary N) is 1. The number of imide groups is 1. The summed E-state index contributed by atoms with van der Waals surface area (Å²) in [7, 11) is 1.49. The van der Waals surface area contributed by atoms with Crippen LogP contribution in [0.5, 0.6) is 11.5 Å². The summed E-state index contributed by atoms with van der Waals surface area (Å²) >= 11 is 6.20. The molecule has 0 radical (unpaired) electrons. The molecule has 0 bridgehead atoms. The Morgan fingerprint density at radius 2 is 1.56 bits per heavy atom. The summed E-state index contributed by atoms with van der Waals surface area (Å²) < 4.78 is 10.6. The number of para-hydroxylation sites is 2. The smallest absolute Gasteiger partial charge is 0.343 e. The number of hydrogen-bond acceptors (Lipinski definition) is 6. The van der Waals surface area contributed by atoms with Crippen molar-refractivity contribution in [2.45, 2.75) is 13.3 Å². The predicted octanol–water partition coefficient (Wildman–Crippen LogP) is 4.91. The largest absolute Gasteiger partial charge is 0.493 e. The number of benzene rings is 3. The van der Waals surface area contributed by atoms with Crippen LogP contribution in [0.3, 0.4) is 0 Å². The molecule has 172 valence electrons. The number of nitrogens with zero attached hydrogens (tertiary/aromatic N) is 1. The molecule has 34 heavy (non-hydrogen) atoms. The highest BCUT2D eigenvalue weighted by molar-refractivity contribution is 6.53. The molecule has 3 aromatic carbocycles. The van der Waals surface area contributed by atoms with E-state index in [0.29, 0.717) is 28.4 Å². The maximum atomic E-state index is 12.9. The molecular weight excluding hydrogens is 456 g/mol. The Bertz CT molecular complexity index is 1280. The zero-order valence-corrected chi connectivity index (χ0v) is 19.3. The quantitative estimate of drug-likeness (QED) is 0.296. The second kappa shape index (κ2) is 9.80. The van der Waals surface area contributed by atoms with Gasteiger partial charge in [0.15, 0.2) is 11.5 Å². The lowest BCUT2D eigenvalue weighted by Crippen LogP contribution is -2.32. The summed E-state index contributed by atoms with van der Waals surface area (Å²) in [6.45, 7) is 2.02. The molecule has 0 saturated heterocycles. The minimum absolute atomic E-state index is 0.0319. The summed E-state index contributed by atoms with van der Waals surface area (Å²) in [5.74, 6) is -0.985. The Balaban J connectivity index is 1.47. The molecule has 0 aliphatic carbocycles. The number of carbonyl (C=O) groups excluding carboxylic acids is 3. The lowest BCUT2D eigenvalue weighted by molar-refractivity contribution is -0.120. The van der Waals surface area contributed by atoms with Crippen LogP contribution < -0.4 is 19.7 Å². The van der Waals surface area contributed by atoms with Crippen LogP contribution in [-0.2, 0) is 16.0 Å². The van der Waals surface area contributed by atoms with Gasteiger partial charge in [-0.1, -0.05) is 42.8 Å². The molecule has 1 heterocycles. The van der Waals surface area contributed by atoms with E-state index < -0.39 is 17.8 Å². The third kappa shape index (κ3) is 4.51. The number of anilines is 2. The second-order valence-corrected chi connectivity index (χ2v) is 7.78. The number of aryl methyl sites for hydroxylation is 1. The Hall–Kier alpha value is -4.10. The first-order valence-corrected chi connectivity index (χ1v) is 10.9. The molecule has 0 unspecified atom stereocenters. The summed E-state index contributed by atoms with van der Waals surface area (Å²) in [4.78, 5) is 39.1. The van der Waals surface area contributed by atoms with E-state index in [1.807, 2.05) is 19.1 Å². The van der Waals surface area contributed by atoms with Gasteiger partial charge in [-0.15, -0.1) is 0 Å². The van der Waals surface area contributed by atoms with E-state index in [9.17, 15) is 14.4 Å². The predicted molar refractivity (Wildman–Crippen MR) is 129 cm³/mol. The lowest BCUT2D eigenvalue weighted by Gasteiger charge is -2.15. The summed E-state index contributed by atoms with van der Waals surface area (Å²) in [6.07, 6.45) is 0.844. The molecule has 0 atom stereocenters. The van der Waals surface area contributed by atoms with Crippen LogP contribution in [0.15, 0.2) is 83.5 Å². The molecule has 4 rings (SSSR count). The Labute approximate surface area is 201 Å². The summed E-state index contributed by atoms with van der Waals surface area (Å²) in [6, 6.07) is 20.2. The molecule has 0 fully saturated rings. The van der Waals surface area contributed by atoms with Gasteiger partial charge in [0.2, 0.25) is 0 Å². The number of amides is 2. The van der Waals surface area contributed by atoms with Gasteiger partial charge in [0.05, 0.1) is 18.4 Å². The maximum absolute atomic E-state index is 12.9. The van der Waals surface area contributed by atoms with E-state index in [4.69, 9.17) is 21.1 Å². The van der Waals surface area contributed by atoms with Crippen molar-refractivity contribution in [2.24, 2.45) is 0 Å². The number of rotatable bonds is 7. The molecule has 3 aromatic rings. The van der Waals surface area contributed by atoms with Crippen molar-refractivity contribution in [2.75, 3.05) is 17.3 Å². The number of halogens is 1. The highest BCUT2D eigenvalue weighted by Gasteiger charge is 2.38. The van der Waals surface area contributed by atoms with Gasteiger partial charge >= 0.3 is 5.97 Å². The van der Waals surface area contributed by atoms with Gasteiger partial charge in [0.1, 0.15) is 10.7 Å². The molecule has 0 aromatic heterocycles. The van der Waals surface area contributed by atoms with Crippen LogP contribution in [-0.4, -0.2) is 24.9 Å². The van der Waals surface area contributed by atoms with Crippen molar-refractivity contribution >= 4 is 40.8 Å². The van der Waals surface area contributed by atoms with Crippen molar-refractivity contribution in [1.29, 1.82) is 0 Å². The first kappa shape index (κ1) is 23.1. The first-order chi connectivity index (χ1) is 16.4. The van der Waals surface area contributed by atoms with Gasteiger partial charge in [0, 0.05) is 5.69 Å². The molecule has 0 spiro atoms. The van der Waals surface area contributed by atoms with E-state index in [1.54, 1.807) is 48.5 Å². The fourth-order valence-electron chi connectivity index (χ4n) is 3.42. The highest BCUT2D eigenvalue weighted by Crippen LogP contribution is 2.31. The van der Waals surface area contributed by atoms with Gasteiger partial charge in [-0.3, -0.25) is 9.59 Å². The van der Waals surface area contributed by atoms with E-state index >= 15 is 0 Å². The fourth-order valence-corrected chi connectivity index (χ4v) is 3.64. The normalized spacial score (nSPS) is 13.3. The van der Waals surface area contributed by atoms with Crippen LogP contribution >= 0.6 is 11.6 Å². The van der Waals surface area contributed by atoms with Gasteiger partial charge in [-0.05, 0) is 60.5 Å².